The molecule has 2 heterocycles. The smallest absolute Gasteiger partial charge is 0.270 e. The van der Waals surface area contributed by atoms with Crippen molar-refractivity contribution >= 4 is 5.91 Å². The van der Waals surface area contributed by atoms with Gasteiger partial charge in [-0.05, 0) is 5.92 Å². The van der Waals surface area contributed by atoms with Crippen LogP contribution in [0.2, 0.25) is 0 Å². The average Bonchev–Trinajstić information content (AvgIpc) is 2.93. The molecule has 6 N–H and O–H groups in total. The number of aliphatic hydroxyl groups excluding tert-OH is 3. The number of nitrogens with one attached hydrogen (secondary N) is 1. The third-order valence-electron chi connectivity index (χ3n) is 2.91. The average molecular weight is 267 g/mol. The first-order chi connectivity index (χ1) is 8.99. The van der Waals surface area contributed by atoms with Gasteiger partial charge in [0.15, 0.2) is 5.69 Å². The number of aromatic amines is 1. The number of amides is 1. The molecule has 2 rings (SSSR count). The van der Waals surface area contributed by atoms with Crippen molar-refractivity contribution in [3.05, 3.63) is 17.2 Å². The van der Waals surface area contributed by atoms with Gasteiger partial charge in [-0.1, -0.05) is 0 Å². The predicted molar refractivity (Wildman–Crippen MR) is 61.8 cm³/mol. The number of terminal acetylenes is 1. The molecule has 1 aliphatic heterocycles. The summed E-state index contributed by atoms with van der Waals surface area (Å²) in [5.74, 6) is 1.46. The molecule has 8 heteroatoms. The molecule has 4 atom stereocenters. The van der Waals surface area contributed by atoms with Gasteiger partial charge in [0.1, 0.15) is 35.9 Å². The third-order valence-corrected chi connectivity index (χ3v) is 2.91. The first-order valence-corrected chi connectivity index (χ1v) is 5.48. The quantitative estimate of drug-likeness (QED) is 0.388. The van der Waals surface area contributed by atoms with Crippen LogP contribution < -0.4 is 5.73 Å². The van der Waals surface area contributed by atoms with Crippen LogP contribution in [0.5, 0.6) is 0 Å². The predicted octanol–water partition coefficient (Wildman–Crippen LogP) is -2.36. The number of carbonyl (C=O) groups is 1. The summed E-state index contributed by atoms with van der Waals surface area (Å²) in [7, 11) is 0. The maximum atomic E-state index is 11.1. The van der Waals surface area contributed by atoms with E-state index in [1.54, 1.807) is 0 Å². The lowest BCUT2D eigenvalue weighted by atomic mass is 10.1. The van der Waals surface area contributed by atoms with Crippen LogP contribution in [0.15, 0.2) is 0 Å². The second-order valence-corrected chi connectivity index (χ2v) is 4.11. The highest BCUT2D eigenvalue weighted by Gasteiger charge is 2.44. The molecule has 0 aromatic carbocycles. The van der Waals surface area contributed by atoms with E-state index in [0.717, 1.165) is 0 Å². The summed E-state index contributed by atoms with van der Waals surface area (Å²) < 4.78 is 5.25. The second-order valence-electron chi connectivity index (χ2n) is 4.11. The van der Waals surface area contributed by atoms with Gasteiger partial charge >= 0.3 is 0 Å². The van der Waals surface area contributed by atoms with Gasteiger partial charge in [-0.3, -0.25) is 4.79 Å². The van der Waals surface area contributed by atoms with Crippen LogP contribution in [0.25, 0.3) is 0 Å². The molecule has 1 aliphatic rings. The Morgan fingerprint density at radius 1 is 1.53 bits per heavy atom. The van der Waals surface area contributed by atoms with E-state index in [4.69, 9.17) is 22.0 Å². The number of nitrogens with zero attached hydrogens (tertiary/aromatic N) is 1. The molecule has 1 amide bonds. The van der Waals surface area contributed by atoms with Crippen molar-refractivity contribution in [2.45, 2.75) is 24.4 Å². The molecule has 0 saturated carbocycles. The minimum absolute atomic E-state index is 0.0697. The SMILES string of the molecule is C#Cc1[nH]c([C@@H]2O[C@H](CO)[C@@H](O)[C@H]2O)nc1C(N)=O. The number of nitrogens with two attached hydrogens (primary N) is 1. The van der Waals surface area contributed by atoms with Gasteiger partial charge in [0.05, 0.1) is 6.61 Å². The zero-order valence-corrected chi connectivity index (χ0v) is 9.78. The number of hydrogen-bond acceptors (Lipinski definition) is 6. The molecular formula is C11H13N3O5. The molecule has 19 heavy (non-hydrogen) atoms. The fourth-order valence-electron chi connectivity index (χ4n) is 1.93. The topological polar surface area (TPSA) is 142 Å². The van der Waals surface area contributed by atoms with Gasteiger partial charge in [0.2, 0.25) is 0 Å². The van der Waals surface area contributed by atoms with Crippen LogP contribution in [0.4, 0.5) is 0 Å². The van der Waals surface area contributed by atoms with Crippen molar-refractivity contribution in [3.63, 3.8) is 0 Å². The third kappa shape index (κ3) is 2.20. The minimum Gasteiger partial charge on any atom is -0.394 e. The Morgan fingerprint density at radius 3 is 2.63 bits per heavy atom. The lowest BCUT2D eigenvalue weighted by Gasteiger charge is -2.11. The number of aromatic nitrogens is 2. The largest absolute Gasteiger partial charge is 0.394 e. The van der Waals surface area contributed by atoms with E-state index in [1.807, 2.05) is 0 Å². The van der Waals surface area contributed by atoms with Gasteiger partial charge < -0.3 is 30.8 Å². The van der Waals surface area contributed by atoms with Gasteiger partial charge in [-0.15, -0.1) is 6.42 Å². The molecule has 0 spiro atoms. The summed E-state index contributed by atoms with van der Waals surface area (Å²) in [5.41, 5.74) is 5.03. The van der Waals surface area contributed by atoms with Crippen LogP contribution in [-0.2, 0) is 4.74 Å². The summed E-state index contributed by atoms with van der Waals surface area (Å²) in [4.78, 5) is 17.6. The number of H-pyrrole nitrogens is 1. The van der Waals surface area contributed by atoms with E-state index >= 15 is 0 Å². The molecule has 1 saturated heterocycles. The summed E-state index contributed by atoms with van der Waals surface area (Å²) in [6.45, 7) is -0.458. The van der Waals surface area contributed by atoms with E-state index in [9.17, 15) is 15.0 Å². The Bertz CT molecular complexity index is 535. The highest BCUT2D eigenvalue weighted by Crippen LogP contribution is 2.32. The van der Waals surface area contributed by atoms with E-state index in [2.05, 4.69) is 15.9 Å². The summed E-state index contributed by atoms with van der Waals surface area (Å²) >= 11 is 0. The second kappa shape index (κ2) is 4.99. The standard InChI is InChI=1S/C11H13N3O5/c1-2-4-6(10(12)18)14-11(13-4)9-8(17)7(16)5(3-15)19-9/h1,5,7-9,15-17H,3H2,(H2,12,18)(H,13,14)/t5-,7-,8-,9-/m1/s1. The maximum absolute atomic E-state index is 11.1. The number of carbonyl (C=O) groups excluding carboxylic acids is 1. The number of rotatable bonds is 3. The first kappa shape index (κ1) is 13.5. The van der Waals surface area contributed by atoms with Gasteiger partial charge in [-0.25, -0.2) is 4.98 Å². The van der Waals surface area contributed by atoms with Crippen molar-refractivity contribution in [3.8, 4) is 12.3 Å². The summed E-state index contributed by atoms with van der Waals surface area (Å²) in [6.07, 6.45) is 0.685. The lowest BCUT2D eigenvalue weighted by Crippen LogP contribution is -2.32. The van der Waals surface area contributed by atoms with Crippen molar-refractivity contribution in [2.75, 3.05) is 6.61 Å². The highest BCUT2D eigenvalue weighted by molar-refractivity contribution is 5.93. The van der Waals surface area contributed by atoms with Gasteiger partial charge in [0.25, 0.3) is 5.91 Å². The molecular weight excluding hydrogens is 254 g/mol. The summed E-state index contributed by atoms with van der Waals surface area (Å²) in [6, 6.07) is 0. The number of ether oxygens (including phenoxy) is 1. The van der Waals surface area contributed by atoms with Crippen molar-refractivity contribution < 1.29 is 24.9 Å². The summed E-state index contributed by atoms with van der Waals surface area (Å²) in [5, 5.41) is 28.4. The fourth-order valence-corrected chi connectivity index (χ4v) is 1.93. The lowest BCUT2D eigenvalue weighted by molar-refractivity contribution is -0.0250. The van der Waals surface area contributed by atoms with E-state index in [1.165, 1.54) is 0 Å². The van der Waals surface area contributed by atoms with Crippen molar-refractivity contribution in [1.29, 1.82) is 0 Å². The molecule has 0 radical (unpaired) electrons. The molecule has 8 nitrogen and oxygen atoms in total. The Balaban J connectivity index is 2.33. The molecule has 0 unspecified atom stereocenters. The number of imidazole rings is 1. The number of primary amides is 1. The van der Waals surface area contributed by atoms with E-state index in [0.29, 0.717) is 0 Å². The monoisotopic (exact) mass is 267 g/mol. The first-order valence-electron chi connectivity index (χ1n) is 5.48. The molecule has 1 aromatic rings. The Hall–Kier alpha value is -1.92. The number of aliphatic hydroxyl groups is 3. The molecule has 1 aromatic heterocycles. The van der Waals surface area contributed by atoms with Crippen molar-refractivity contribution in [1.82, 2.24) is 9.97 Å². The Labute approximate surface area is 108 Å². The Kier molecular flexibility index (Phi) is 3.55. The zero-order valence-electron chi connectivity index (χ0n) is 9.78. The van der Waals surface area contributed by atoms with Gasteiger partial charge in [0, 0.05) is 0 Å². The van der Waals surface area contributed by atoms with E-state index in [-0.39, 0.29) is 17.2 Å². The highest BCUT2D eigenvalue weighted by atomic mass is 16.6. The fraction of sp³-hybridized carbons (Fsp3) is 0.455. The normalized spacial score (nSPS) is 30.2. The Morgan fingerprint density at radius 2 is 2.21 bits per heavy atom. The van der Waals surface area contributed by atoms with Crippen LogP contribution in [0.3, 0.4) is 0 Å². The zero-order chi connectivity index (χ0) is 14.2. The molecule has 102 valence electrons. The van der Waals surface area contributed by atoms with Gasteiger partial charge in [-0.2, -0.15) is 0 Å². The van der Waals surface area contributed by atoms with Crippen LogP contribution in [-0.4, -0.2) is 56.1 Å². The number of hydrogen-bond donors (Lipinski definition) is 5. The molecule has 0 bridgehead atoms. The molecule has 0 aliphatic carbocycles. The molecule has 1 fully saturated rings. The van der Waals surface area contributed by atoms with Crippen molar-refractivity contribution in [2.24, 2.45) is 5.73 Å². The van der Waals surface area contributed by atoms with Crippen LogP contribution in [0.1, 0.15) is 28.1 Å². The van der Waals surface area contributed by atoms with Crippen LogP contribution in [0, 0.1) is 12.3 Å². The van der Waals surface area contributed by atoms with E-state index < -0.39 is 36.9 Å². The van der Waals surface area contributed by atoms with Crippen LogP contribution >= 0.6 is 0 Å². The maximum Gasteiger partial charge on any atom is 0.270 e. The minimum atomic E-state index is -1.30.